The molecule has 0 aromatic heterocycles. The molecule has 4 N–H and O–H groups in total. The fourth-order valence-electron chi connectivity index (χ4n) is 2.51. The number of rotatable bonds is 5. The number of urea groups is 1. The Balaban J connectivity index is 1.74. The van der Waals surface area contributed by atoms with Crippen molar-refractivity contribution in [3.05, 3.63) is 35.9 Å². The topological polar surface area (TPSA) is 105 Å². The van der Waals surface area contributed by atoms with Crippen LogP contribution in [0.2, 0.25) is 0 Å². The lowest BCUT2D eigenvalue weighted by Gasteiger charge is -2.20. The van der Waals surface area contributed by atoms with Gasteiger partial charge in [-0.3, -0.25) is 19.8 Å². The first-order valence-electron chi connectivity index (χ1n) is 7.21. The van der Waals surface area contributed by atoms with Gasteiger partial charge in [0.2, 0.25) is 11.8 Å². The number of carbonyl (C=O) groups is 3. The lowest BCUT2D eigenvalue weighted by Crippen LogP contribution is -2.48. The van der Waals surface area contributed by atoms with E-state index in [4.69, 9.17) is 5.73 Å². The van der Waals surface area contributed by atoms with E-state index in [1.165, 1.54) is 0 Å². The van der Waals surface area contributed by atoms with E-state index in [0.717, 1.165) is 12.0 Å². The zero-order chi connectivity index (χ0) is 15.9. The molecule has 0 saturated carbocycles. The molecule has 1 heterocycles. The second-order valence-corrected chi connectivity index (χ2v) is 5.25. The van der Waals surface area contributed by atoms with E-state index in [2.05, 4.69) is 10.6 Å². The Kier molecular flexibility index (Phi) is 5.48. The quantitative estimate of drug-likeness (QED) is 0.710. The zero-order valence-electron chi connectivity index (χ0n) is 12.2. The van der Waals surface area contributed by atoms with Crippen molar-refractivity contribution in [1.82, 2.24) is 15.5 Å². The van der Waals surface area contributed by atoms with Gasteiger partial charge in [0.1, 0.15) is 0 Å². The largest absolute Gasteiger partial charge is 0.368 e. The molecule has 0 unspecified atom stereocenters. The Bertz CT molecular complexity index is 547. The molecule has 118 valence electrons. The van der Waals surface area contributed by atoms with Crippen LogP contribution in [-0.4, -0.2) is 41.9 Å². The highest BCUT2D eigenvalue weighted by Crippen LogP contribution is 2.15. The minimum Gasteiger partial charge on any atom is -0.368 e. The van der Waals surface area contributed by atoms with Crippen molar-refractivity contribution in [2.45, 2.75) is 25.4 Å². The molecule has 1 aromatic carbocycles. The van der Waals surface area contributed by atoms with Crippen molar-refractivity contribution < 1.29 is 14.4 Å². The second-order valence-electron chi connectivity index (χ2n) is 5.25. The van der Waals surface area contributed by atoms with E-state index >= 15 is 0 Å². The third-order valence-corrected chi connectivity index (χ3v) is 3.59. The SMILES string of the molecule is NC(=O)[C@H]1CCCN1CC(=O)NC(=O)NCc1ccccc1. The second kappa shape index (κ2) is 7.56. The summed E-state index contributed by atoms with van der Waals surface area (Å²) in [5, 5.41) is 4.86. The van der Waals surface area contributed by atoms with Crippen LogP contribution < -0.4 is 16.4 Å². The first-order chi connectivity index (χ1) is 10.6. The normalized spacial score (nSPS) is 17.9. The lowest BCUT2D eigenvalue weighted by atomic mass is 10.2. The van der Waals surface area contributed by atoms with Gasteiger partial charge in [-0.25, -0.2) is 4.79 Å². The Morgan fingerprint density at radius 2 is 1.95 bits per heavy atom. The standard InChI is InChI=1S/C15H20N4O3/c16-14(21)12-7-4-8-19(12)10-13(20)18-15(22)17-9-11-5-2-1-3-6-11/h1-3,5-6,12H,4,7-10H2,(H2,16,21)(H2,17,18,20,22)/t12-/m1/s1. The van der Waals surface area contributed by atoms with Gasteiger partial charge < -0.3 is 11.1 Å². The van der Waals surface area contributed by atoms with Crippen molar-refractivity contribution in [2.75, 3.05) is 13.1 Å². The summed E-state index contributed by atoms with van der Waals surface area (Å²) in [5.41, 5.74) is 6.23. The summed E-state index contributed by atoms with van der Waals surface area (Å²) in [6.07, 6.45) is 1.48. The summed E-state index contributed by atoms with van der Waals surface area (Å²) in [7, 11) is 0. The van der Waals surface area contributed by atoms with Crippen molar-refractivity contribution >= 4 is 17.8 Å². The number of nitrogens with two attached hydrogens (primary N) is 1. The molecule has 0 radical (unpaired) electrons. The number of nitrogens with one attached hydrogen (secondary N) is 2. The Morgan fingerprint density at radius 3 is 2.64 bits per heavy atom. The van der Waals surface area contributed by atoms with E-state index in [1.807, 2.05) is 30.3 Å². The maximum absolute atomic E-state index is 11.8. The fraction of sp³-hybridized carbons (Fsp3) is 0.400. The van der Waals surface area contributed by atoms with Gasteiger partial charge in [0.05, 0.1) is 12.6 Å². The minimum atomic E-state index is -0.552. The van der Waals surface area contributed by atoms with E-state index in [-0.39, 0.29) is 6.54 Å². The molecule has 4 amide bonds. The van der Waals surface area contributed by atoms with Crippen molar-refractivity contribution in [2.24, 2.45) is 5.73 Å². The van der Waals surface area contributed by atoms with Crippen molar-refractivity contribution in [3.63, 3.8) is 0 Å². The molecular formula is C15H20N4O3. The molecule has 7 nitrogen and oxygen atoms in total. The Labute approximate surface area is 128 Å². The molecule has 1 atom stereocenters. The van der Waals surface area contributed by atoms with E-state index in [1.54, 1.807) is 4.90 Å². The highest BCUT2D eigenvalue weighted by atomic mass is 16.2. The van der Waals surface area contributed by atoms with Gasteiger partial charge in [-0.2, -0.15) is 0 Å². The van der Waals surface area contributed by atoms with Crippen molar-refractivity contribution in [1.29, 1.82) is 0 Å². The minimum absolute atomic E-state index is 0.00758. The van der Waals surface area contributed by atoms with Gasteiger partial charge in [-0.1, -0.05) is 30.3 Å². The van der Waals surface area contributed by atoms with Crippen LogP contribution in [0.15, 0.2) is 30.3 Å². The van der Waals surface area contributed by atoms with Gasteiger partial charge in [-0.05, 0) is 24.9 Å². The number of amides is 4. The Hall–Kier alpha value is -2.41. The van der Waals surface area contributed by atoms with Gasteiger partial charge in [0.15, 0.2) is 0 Å². The summed E-state index contributed by atoms with van der Waals surface area (Å²) in [5.74, 6) is -0.877. The number of nitrogens with zero attached hydrogens (tertiary/aromatic N) is 1. The van der Waals surface area contributed by atoms with E-state index in [0.29, 0.717) is 19.5 Å². The molecule has 1 aliphatic rings. The van der Waals surface area contributed by atoms with Gasteiger partial charge in [-0.15, -0.1) is 0 Å². The number of hydrogen-bond acceptors (Lipinski definition) is 4. The number of hydrogen-bond donors (Lipinski definition) is 3. The number of carbonyl (C=O) groups excluding carboxylic acids is 3. The summed E-state index contributed by atoms with van der Waals surface area (Å²) in [6, 6.07) is 8.42. The van der Waals surface area contributed by atoms with Gasteiger partial charge in [0.25, 0.3) is 0 Å². The van der Waals surface area contributed by atoms with Gasteiger partial charge >= 0.3 is 6.03 Å². The van der Waals surface area contributed by atoms with Crippen LogP contribution in [0.1, 0.15) is 18.4 Å². The first kappa shape index (κ1) is 16.0. The third kappa shape index (κ3) is 4.56. The van der Waals surface area contributed by atoms with Crippen LogP contribution in [0.5, 0.6) is 0 Å². The fourth-order valence-corrected chi connectivity index (χ4v) is 2.51. The molecule has 1 aliphatic heterocycles. The van der Waals surface area contributed by atoms with E-state index in [9.17, 15) is 14.4 Å². The first-order valence-corrected chi connectivity index (χ1v) is 7.21. The summed E-state index contributed by atoms with van der Waals surface area (Å²) in [4.78, 5) is 36.4. The molecular weight excluding hydrogens is 284 g/mol. The molecule has 0 spiro atoms. The molecule has 7 heteroatoms. The molecule has 1 aromatic rings. The number of benzene rings is 1. The van der Waals surface area contributed by atoms with Crippen LogP contribution in [0.25, 0.3) is 0 Å². The molecule has 0 aliphatic carbocycles. The average Bonchev–Trinajstić information content (AvgIpc) is 2.94. The zero-order valence-corrected chi connectivity index (χ0v) is 12.2. The molecule has 2 rings (SSSR count). The van der Waals surface area contributed by atoms with Crippen LogP contribution in [0, 0.1) is 0 Å². The number of primary amides is 1. The number of likely N-dealkylation sites (tertiary alicyclic amines) is 1. The predicted molar refractivity (Wildman–Crippen MR) is 80.6 cm³/mol. The average molecular weight is 304 g/mol. The van der Waals surface area contributed by atoms with Crippen molar-refractivity contribution in [3.8, 4) is 0 Å². The Morgan fingerprint density at radius 1 is 1.23 bits per heavy atom. The maximum Gasteiger partial charge on any atom is 0.321 e. The van der Waals surface area contributed by atoms with Gasteiger partial charge in [0, 0.05) is 6.54 Å². The summed E-state index contributed by atoms with van der Waals surface area (Å²) in [6.45, 7) is 0.965. The monoisotopic (exact) mass is 304 g/mol. The highest BCUT2D eigenvalue weighted by molar-refractivity contribution is 5.95. The van der Waals surface area contributed by atoms with Crippen LogP contribution >= 0.6 is 0 Å². The highest BCUT2D eigenvalue weighted by Gasteiger charge is 2.30. The molecule has 1 fully saturated rings. The number of imide groups is 1. The van der Waals surface area contributed by atoms with E-state index < -0.39 is 23.9 Å². The molecule has 22 heavy (non-hydrogen) atoms. The summed E-state index contributed by atoms with van der Waals surface area (Å²) >= 11 is 0. The van der Waals surface area contributed by atoms with Crippen LogP contribution in [0.3, 0.4) is 0 Å². The molecule has 0 bridgehead atoms. The predicted octanol–water partition coefficient (Wildman–Crippen LogP) is -0.0379. The van der Waals surface area contributed by atoms with Crippen LogP contribution in [-0.2, 0) is 16.1 Å². The van der Waals surface area contributed by atoms with Crippen LogP contribution in [0.4, 0.5) is 4.79 Å². The molecule has 1 saturated heterocycles. The third-order valence-electron chi connectivity index (χ3n) is 3.59. The lowest BCUT2D eigenvalue weighted by molar-refractivity contribution is -0.125. The smallest absolute Gasteiger partial charge is 0.321 e. The maximum atomic E-state index is 11.8. The summed E-state index contributed by atoms with van der Waals surface area (Å²) < 4.78 is 0.